The van der Waals surface area contributed by atoms with Gasteiger partial charge in [-0.1, -0.05) is 24.3 Å². The molecule has 0 atom stereocenters. The van der Waals surface area contributed by atoms with Gasteiger partial charge in [0.25, 0.3) is 5.91 Å². The summed E-state index contributed by atoms with van der Waals surface area (Å²) in [6, 6.07) is 21.1. The van der Waals surface area contributed by atoms with Crippen LogP contribution in [0.3, 0.4) is 0 Å². The maximum Gasteiger partial charge on any atom is 0.252 e. The Balaban J connectivity index is 1.43. The smallest absolute Gasteiger partial charge is 0.252 e. The molecule has 34 heavy (non-hydrogen) atoms. The van der Waals surface area contributed by atoms with Crippen molar-refractivity contribution in [3.63, 3.8) is 0 Å². The summed E-state index contributed by atoms with van der Waals surface area (Å²) in [5.41, 5.74) is 4.00. The number of hydrogen-bond donors (Lipinski definition) is 1. The van der Waals surface area contributed by atoms with Gasteiger partial charge < -0.3 is 19.7 Å². The van der Waals surface area contributed by atoms with Gasteiger partial charge in [-0.3, -0.25) is 4.79 Å². The van der Waals surface area contributed by atoms with E-state index in [1.807, 2.05) is 66.7 Å². The van der Waals surface area contributed by atoms with Crippen LogP contribution in [0.5, 0.6) is 5.75 Å². The van der Waals surface area contributed by atoms with Gasteiger partial charge in [-0.2, -0.15) is 0 Å². The molecule has 1 N–H and O–H groups in total. The number of amides is 1. The fourth-order valence-electron chi connectivity index (χ4n) is 4.17. The Labute approximate surface area is 198 Å². The number of nitrogens with zero attached hydrogens (tertiary/aromatic N) is 3. The van der Waals surface area contributed by atoms with Crippen molar-refractivity contribution in [3.05, 3.63) is 84.1 Å². The molecule has 1 fully saturated rings. The molecule has 2 aromatic heterocycles. The first-order chi connectivity index (χ1) is 16.7. The van der Waals surface area contributed by atoms with Crippen LogP contribution in [0.25, 0.3) is 22.2 Å². The van der Waals surface area contributed by atoms with Crippen LogP contribution < -0.4 is 15.0 Å². The van der Waals surface area contributed by atoms with Crippen LogP contribution in [0.15, 0.2) is 72.9 Å². The van der Waals surface area contributed by atoms with Crippen molar-refractivity contribution in [3.8, 4) is 17.0 Å². The topological polar surface area (TPSA) is 76.6 Å². The number of rotatable bonds is 6. The summed E-state index contributed by atoms with van der Waals surface area (Å²) in [6.07, 6.45) is 1.79. The predicted octanol–water partition coefficient (Wildman–Crippen LogP) is 4.07. The number of pyridine rings is 2. The second-order valence-corrected chi connectivity index (χ2v) is 8.07. The summed E-state index contributed by atoms with van der Waals surface area (Å²) in [4.78, 5) is 25.0. The summed E-state index contributed by atoms with van der Waals surface area (Å²) in [7, 11) is 1.64. The molecule has 0 unspecified atom stereocenters. The lowest BCUT2D eigenvalue weighted by Crippen LogP contribution is -2.37. The van der Waals surface area contributed by atoms with Gasteiger partial charge in [0.05, 0.1) is 37.1 Å². The van der Waals surface area contributed by atoms with E-state index in [0.29, 0.717) is 25.3 Å². The Hall–Kier alpha value is -3.97. The Morgan fingerprint density at radius 1 is 1.06 bits per heavy atom. The lowest BCUT2D eigenvalue weighted by Gasteiger charge is -2.29. The molecule has 0 radical (unpaired) electrons. The molecule has 7 nitrogen and oxygen atoms in total. The molecule has 4 aromatic rings. The molecule has 0 spiro atoms. The third kappa shape index (κ3) is 4.56. The van der Waals surface area contributed by atoms with E-state index in [-0.39, 0.29) is 5.91 Å². The van der Waals surface area contributed by atoms with Crippen LogP contribution in [0.2, 0.25) is 0 Å². The Morgan fingerprint density at radius 3 is 2.65 bits per heavy atom. The zero-order chi connectivity index (χ0) is 23.3. The number of hydrogen-bond acceptors (Lipinski definition) is 6. The number of benzene rings is 2. The maximum absolute atomic E-state index is 13.4. The van der Waals surface area contributed by atoms with Crippen LogP contribution in [-0.4, -0.2) is 49.3 Å². The normalized spacial score (nSPS) is 13.6. The monoisotopic (exact) mass is 454 g/mol. The van der Waals surface area contributed by atoms with Crippen molar-refractivity contribution in [2.24, 2.45) is 0 Å². The third-order valence-electron chi connectivity index (χ3n) is 5.96. The van der Waals surface area contributed by atoms with Gasteiger partial charge in [0.15, 0.2) is 0 Å². The number of para-hydroxylation sites is 1. The first-order valence-electron chi connectivity index (χ1n) is 11.3. The fourth-order valence-corrected chi connectivity index (χ4v) is 4.17. The molecule has 172 valence electrons. The number of fused-ring (bicyclic) bond motifs is 1. The van der Waals surface area contributed by atoms with Gasteiger partial charge in [0.1, 0.15) is 11.6 Å². The van der Waals surface area contributed by atoms with Gasteiger partial charge in [-0.25, -0.2) is 9.97 Å². The minimum atomic E-state index is -0.148. The van der Waals surface area contributed by atoms with E-state index in [1.165, 1.54) is 0 Å². The number of anilines is 1. The summed E-state index contributed by atoms with van der Waals surface area (Å²) in [5.74, 6) is 1.52. The SMILES string of the molecule is COc1ccc(-c2cc(C(=O)NCc3cccnc3N3CCOCC3)c3ccccc3n2)cc1. The highest BCUT2D eigenvalue weighted by Crippen LogP contribution is 2.27. The van der Waals surface area contributed by atoms with Gasteiger partial charge in [0.2, 0.25) is 0 Å². The number of carbonyl (C=O) groups is 1. The summed E-state index contributed by atoms with van der Waals surface area (Å²) < 4.78 is 10.7. The molecule has 3 heterocycles. The maximum atomic E-state index is 13.4. The zero-order valence-electron chi connectivity index (χ0n) is 19.0. The van der Waals surface area contributed by atoms with Gasteiger partial charge >= 0.3 is 0 Å². The van der Waals surface area contributed by atoms with E-state index in [9.17, 15) is 4.79 Å². The second-order valence-electron chi connectivity index (χ2n) is 8.07. The molecular weight excluding hydrogens is 428 g/mol. The van der Waals surface area contributed by atoms with Crippen molar-refractivity contribution in [2.45, 2.75) is 6.54 Å². The number of carbonyl (C=O) groups excluding carboxylic acids is 1. The number of morpholine rings is 1. The lowest BCUT2D eigenvalue weighted by molar-refractivity contribution is 0.0952. The first-order valence-corrected chi connectivity index (χ1v) is 11.3. The highest BCUT2D eigenvalue weighted by Gasteiger charge is 2.18. The van der Waals surface area contributed by atoms with E-state index in [4.69, 9.17) is 14.5 Å². The minimum Gasteiger partial charge on any atom is -0.497 e. The highest BCUT2D eigenvalue weighted by molar-refractivity contribution is 6.07. The highest BCUT2D eigenvalue weighted by atomic mass is 16.5. The number of ether oxygens (including phenoxy) is 2. The van der Waals surface area contributed by atoms with Crippen LogP contribution >= 0.6 is 0 Å². The quantitative estimate of drug-likeness (QED) is 0.473. The Kier molecular flexibility index (Phi) is 6.35. The second kappa shape index (κ2) is 9.89. The Morgan fingerprint density at radius 2 is 1.85 bits per heavy atom. The van der Waals surface area contributed by atoms with E-state index >= 15 is 0 Å². The molecule has 0 bridgehead atoms. The van der Waals surface area contributed by atoms with Crippen molar-refractivity contribution < 1.29 is 14.3 Å². The molecule has 1 saturated heterocycles. The van der Waals surface area contributed by atoms with E-state index in [0.717, 1.165) is 52.4 Å². The van der Waals surface area contributed by atoms with Crippen molar-refractivity contribution in [2.75, 3.05) is 38.3 Å². The van der Waals surface area contributed by atoms with Crippen LogP contribution in [0.4, 0.5) is 5.82 Å². The number of nitrogens with one attached hydrogen (secondary N) is 1. The summed E-state index contributed by atoms with van der Waals surface area (Å²) in [6.45, 7) is 3.32. The molecular formula is C27H26N4O3. The molecule has 0 aliphatic carbocycles. The summed E-state index contributed by atoms with van der Waals surface area (Å²) in [5, 5.41) is 3.92. The average Bonchev–Trinajstić information content (AvgIpc) is 2.92. The Bertz CT molecular complexity index is 1300. The average molecular weight is 455 g/mol. The van der Waals surface area contributed by atoms with Gasteiger partial charge in [-0.05, 0) is 42.5 Å². The standard InChI is InChI=1S/C27H26N4O3/c1-33-21-10-8-19(9-11-21)25-17-23(22-6-2-3-7-24(22)30-25)27(32)29-18-20-5-4-12-28-26(20)31-13-15-34-16-14-31/h2-12,17H,13-16,18H2,1H3,(H,29,32). The van der Waals surface area contributed by atoms with Gasteiger partial charge in [-0.15, -0.1) is 0 Å². The fraction of sp³-hybridized carbons (Fsp3) is 0.222. The van der Waals surface area contributed by atoms with Crippen LogP contribution in [-0.2, 0) is 11.3 Å². The van der Waals surface area contributed by atoms with Crippen molar-refractivity contribution >= 4 is 22.6 Å². The zero-order valence-corrected chi connectivity index (χ0v) is 19.0. The molecule has 0 saturated carbocycles. The molecule has 7 heteroatoms. The summed E-state index contributed by atoms with van der Waals surface area (Å²) >= 11 is 0. The molecule has 1 amide bonds. The van der Waals surface area contributed by atoms with E-state index in [1.54, 1.807) is 13.3 Å². The largest absolute Gasteiger partial charge is 0.497 e. The predicted molar refractivity (Wildman–Crippen MR) is 132 cm³/mol. The number of aromatic nitrogens is 2. The van der Waals surface area contributed by atoms with Crippen LogP contribution in [0.1, 0.15) is 15.9 Å². The lowest BCUT2D eigenvalue weighted by atomic mass is 10.0. The van der Waals surface area contributed by atoms with E-state index in [2.05, 4.69) is 15.2 Å². The molecule has 1 aliphatic heterocycles. The molecule has 5 rings (SSSR count). The van der Waals surface area contributed by atoms with Crippen LogP contribution in [0, 0.1) is 0 Å². The number of methoxy groups -OCH3 is 1. The van der Waals surface area contributed by atoms with Crippen molar-refractivity contribution in [1.82, 2.24) is 15.3 Å². The van der Waals surface area contributed by atoms with E-state index < -0.39 is 0 Å². The minimum absolute atomic E-state index is 0.148. The molecule has 2 aromatic carbocycles. The van der Waals surface area contributed by atoms with Gasteiger partial charge in [0, 0.05) is 42.3 Å². The first kappa shape index (κ1) is 21.9. The molecule has 1 aliphatic rings. The third-order valence-corrected chi connectivity index (χ3v) is 5.96. The van der Waals surface area contributed by atoms with Crippen molar-refractivity contribution in [1.29, 1.82) is 0 Å².